The molecular formula is C18H18BrClN2O3. The summed E-state index contributed by atoms with van der Waals surface area (Å²) in [7, 11) is 0. The first-order valence-electron chi connectivity index (χ1n) is 7.93. The molecule has 0 unspecified atom stereocenters. The van der Waals surface area contributed by atoms with Crippen molar-refractivity contribution in [1.82, 2.24) is 0 Å². The number of morpholine rings is 1. The van der Waals surface area contributed by atoms with Crippen molar-refractivity contribution in [2.45, 2.75) is 0 Å². The minimum atomic E-state index is -0.244. The van der Waals surface area contributed by atoms with E-state index < -0.39 is 0 Å². The van der Waals surface area contributed by atoms with E-state index in [9.17, 15) is 4.79 Å². The lowest BCUT2D eigenvalue weighted by Gasteiger charge is -2.29. The van der Waals surface area contributed by atoms with Gasteiger partial charge in [0.25, 0.3) is 5.91 Å². The first-order valence-corrected chi connectivity index (χ1v) is 9.10. The van der Waals surface area contributed by atoms with E-state index in [0.29, 0.717) is 16.5 Å². The van der Waals surface area contributed by atoms with Gasteiger partial charge in [-0.1, -0.05) is 23.7 Å². The highest BCUT2D eigenvalue weighted by Crippen LogP contribution is 2.30. The Bertz CT molecular complexity index is 751. The Morgan fingerprint density at radius 2 is 2.00 bits per heavy atom. The van der Waals surface area contributed by atoms with Crippen LogP contribution in [0.15, 0.2) is 46.9 Å². The summed E-state index contributed by atoms with van der Waals surface area (Å²) in [6.07, 6.45) is 0. The molecule has 25 heavy (non-hydrogen) atoms. The summed E-state index contributed by atoms with van der Waals surface area (Å²) in [5.41, 5.74) is 1.80. The van der Waals surface area contributed by atoms with Gasteiger partial charge in [0, 0.05) is 23.2 Å². The monoisotopic (exact) mass is 424 g/mol. The highest BCUT2D eigenvalue weighted by Gasteiger charge is 2.14. The van der Waals surface area contributed by atoms with Crippen molar-refractivity contribution in [2.75, 3.05) is 43.1 Å². The zero-order valence-electron chi connectivity index (χ0n) is 13.5. The number of hydrogen-bond donors (Lipinski definition) is 1. The Kier molecular flexibility index (Phi) is 6.18. The fourth-order valence-electron chi connectivity index (χ4n) is 2.55. The lowest BCUT2D eigenvalue weighted by atomic mass is 10.2. The largest absolute Gasteiger partial charge is 0.482 e. The van der Waals surface area contributed by atoms with Crippen LogP contribution in [0.1, 0.15) is 0 Å². The number of ether oxygens (including phenoxy) is 2. The Morgan fingerprint density at radius 3 is 2.72 bits per heavy atom. The van der Waals surface area contributed by atoms with E-state index in [-0.39, 0.29) is 12.5 Å². The number of para-hydroxylation sites is 1. The predicted octanol–water partition coefficient (Wildman–Crippen LogP) is 3.96. The molecule has 1 aliphatic heterocycles. The third kappa shape index (κ3) is 4.87. The molecule has 0 atom stereocenters. The number of amides is 1. The molecule has 2 aromatic carbocycles. The quantitative estimate of drug-likeness (QED) is 0.788. The van der Waals surface area contributed by atoms with Crippen molar-refractivity contribution in [2.24, 2.45) is 0 Å². The van der Waals surface area contributed by atoms with Gasteiger partial charge in [0.15, 0.2) is 6.61 Å². The maximum absolute atomic E-state index is 12.1. The number of carbonyl (C=O) groups excluding carboxylic acids is 1. The van der Waals surface area contributed by atoms with E-state index in [1.54, 1.807) is 18.2 Å². The number of rotatable bonds is 5. The molecule has 2 aromatic rings. The molecule has 1 fully saturated rings. The fraction of sp³-hybridized carbons (Fsp3) is 0.278. The smallest absolute Gasteiger partial charge is 0.262 e. The molecule has 1 heterocycles. The number of carbonyl (C=O) groups is 1. The van der Waals surface area contributed by atoms with Gasteiger partial charge in [-0.3, -0.25) is 4.79 Å². The zero-order chi connectivity index (χ0) is 17.6. The third-order valence-electron chi connectivity index (χ3n) is 3.78. The van der Waals surface area contributed by atoms with E-state index in [4.69, 9.17) is 21.1 Å². The Balaban J connectivity index is 1.58. The van der Waals surface area contributed by atoms with Crippen LogP contribution in [0.2, 0.25) is 5.02 Å². The molecule has 0 aliphatic carbocycles. The zero-order valence-corrected chi connectivity index (χ0v) is 15.8. The minimum Gasteiger partial charge on any atom is -0.482 e. The van der Waals surface area contributed by atoms with Crippen LogP contribution in [0, 0.1) is 0 Å². The molecule has 1 aliphatic rings. The van der Waals surface area contributed by atoms with Crippen molar-refractivity contribution in [1.29, 1.82) is 0 Å². The second-order valence-corrected chi connectivity index (χ2v) is 6.79. The van der Waals surface area contributed by atoms with E-state index in [1.807, 2.05) is 24.3 Å². The predicted molar refractivity (Wildman–Crippen MR) is 103 cm³/mol. The Hall–Kier alpha value is -1.76. The van der Waals surface area contributed by atoms with E-state index in [2.05, 4.69) is 26.1 Å². The van der Waals surface area contributed by atoms with E-state index >= 15 is 0 Å². The maximum Gasteiger partial charge on any atom is 0.262 e. The second kappa shape index (κ2) is 8.56. The molecule has 5 nitrogen and oxygen atoms in total. The molecule has 0 bridgehead atoms. The van der Waals surface area contributed by atoms with Gasteiger partial charge >= 0.3 is 0 Å². The lowest BCUT2D eigenvalue weighted by molar-refractivity contribution is -0.118. The second-order valence-electron chi connectivity index (χ2n) is 5.53. The first kappa shape index (κ1) is 18.0. The van der Waals surface area contributed by atoms with Crippen molar-refractivity contribution >= 4 is 44.8 Å². The van der Waals surface area contributed by atoms with Gasteiger partial charge in [-0.05, 0) is 46.3 Å². The van der Waals surface area contributed by atoms with Crippen molar-refractivity contribution in [3.05, 3.63) is 52.0 Å². The van der Waals surface area contributed by atoms with Gasteiger partial charge in [0.1, 0.15) is 5.75 Å². The summed E-state index contributed by atoms with van der Waals surface area (Å²) in [6, 6.07) is 12.8. The Labute approximate surface area is 160 Å². The maximum atomic E-state index is 12.1. The van der Waals surface area contributed by atoms with Crippen LogP contribution in [-0.4, -0.2) is 38.8 Å². The minimum absolute atomic E-state index is 0.105. The van der Waals surface area contributed by atoms with Crippen LogP contribution < -0.4 is 15.0 Å². The molecule has 0 saturated carbocycles. The topological polar surface area (TPSA) is 50.8 Å². The Morgan fingerprint density at radius 1 is 1.24 bits per heavy atom. The number of halogens is 2. The average Bonchev–Trinajstić information content (AvgIpc) is 2.62. The van der Waals surface area contributed by atoms with Gasteiger partial charge < -0.3 is 19.7 Å². The summed E-state index contributed by atoms with van der Waals surface area (Å²) >= 11 is 9.58. The number of hydrogen-bond acceptors (Lipinski definition) is 4. The van der Waals surface area contributed by atoms with Gasteiger partial charge in [0.05, 0.1) is 23.9 Å². The van der Waals surface area contributed by atoms with Crippen LogP contribution >= 0.6 is 27.5 Å². The van der Waals surface area contributed by atoms with E-state index in [1.165, 1.54) is 0 Å². The number of anilines is 2. The van der Waals surface area contributed by atoms with Crippen LogP contribution in [0.3, 0.4) is 0 Å². The molecule has 132 valence electrons. The van der Waals surface area contributed by atoms with E-state index in [0.717, 1.165) is 36.5 Å². The van der Waals surface area contributed by atoms with Crippen molar-refractivity contribution < 1.29 is 14.3 Å². The highest BCUT2D eigenvalue weighted by molar-refractivity contribution is 9.10. The summed E-state index contributed by atoms with van der Waals surface area (Å²) in [5, 5.41) is 3.30. The third-order valence-corrected chi connectivity index (χ3v) is 4.73. The fourth-order valence-corrected chi connectivity index (χ4v) is 3.37. The lowest BCUT2D eigenvalue weighted by Crippen LogP contribution is -2.36. The summed E-state index contributed by atoms with van der Waals surface area (Å²) in [5.74, 6) is 0.245. The SMILES string of the molecule is O=C(COc1ccccc1Cl)Nc1ccc(N2CCOCC2)c(Br)c1. The molecule has 0 radical (unpaired) electrons. The van der Waals surface area contributed by atoms with Crippen molar-refractivity contribution in [3.63, 3.8) is 0 Å². The molecule has 3 rings (SSSR count). The summed E-state index contributed by atoms with van der Waals surface area (Å²) in [6.45, 7) is 3.06. The van der Waals surface area contributed by atoms with Crippen molar-refractivity contribution in [3.8, 4) is 5.75 Å². The average molecular weight is 426 g/mol. The number of nitrogens with zero attached hydrogens (tertiary/aromatic N) is 1. The first-order chi connectivity index (χ1) is 12.1. The van der Waals surface area contributed by atoms with Crippen LogP contribution in [0.25, 0.3) is 0 Å². The number of nitrogens with one attached hydrogen (secondary N) is 1. The molecular weight excluding hydrogens is 408 g/mol. The van der Waals surface area contributed by atoms with Gasteiger partial charge in [-0.25, -0.2) is 0 Å². The van der Waals surface area contributed by atoms with Gasteiger partial charge in [-0.2, -0.15) is 0 Å². The molecule has 1 saturated heterocycles. The molecule has 0 spiro atoms. The van der Waals surface area contributed by atoms with Crippen LogP contribution in [0.5, 0.6) is 5.75 Å². The van der Waals surface area contributed by atoms with Crippen LogP contribution in [-0.2, 0) is 9.53 Å². The van der Waals surface area contributed by atoms with Crippen LogP contribution in [0.4, 0.5) is 11.4 Å². The summed E-state index contributed by atoms with van der Waals surface area (Å²) < 4.78 is 11.7. The summed E-state index contributed by atoms with van der Waals surface area (Å²) in [4.78, 5) is 14.3. The van der Waals surface area contributed by atoms with Gasteiger partial charge in [-0.15, -0.1) is 0 Å². The molecule has 1 N–H and O–H groups in total. The number of benzene rings is 2. The van der Waals surface area contributed by atoms with Gasteiger partial charge in [0.2, 0.25) is 0 Å². The molecule has 7 heteroatoms. The normalized spacial score (nSPS) is 14.2. The molecule has 0 aromatic heterocycles. The molecule has 1 amide bonds. The standard InChI is InChI=1S/C18H18BrClN2O3/c19-14-11-13(5-6-16(14)22-7-9-24-10-8-22)21-18(23)12-25-17-4-2-1-3-15(17)20/h1-6,11H,7-10,12H2,(H,21,23). The highest BCUT2D eigenvalue weighted by atomic mass is 79.9.